The molecule has 22 heavy (non-hydrogen) atoms. The molecule has 5 nitrogen and oxygen atoms in total. The summed E-state index contributed by atoms with van der Waals surface area (Å²) in [7, 11) is -3.13. The average Bonchev–Trinajstić information content (AvgIpc) is 2.90. The Bertz CT molecular complexity index is 720. The van der Waals surface area contributed by atoms with Gasteiger partial charge in [-0.05, 0) is 44.0 Å². The van der Waals surface area contributed by atoms with Crippen molar-refractivity contribution in [2.24, 2.45) is 0 Å². The Morgan fingerprint density at radius 1 is 1.23 bits per heavy atom. The number of nitrogens with zero attached hydrogens (tertiary/aromatic N) is 2. The molecule has 2 aromatic rings. The van der Waals surface area contributed by atoms with Gasteiger partial charge in [-0.3, -0.25) is 4.68 Å². The minimum absolute atomic E-state index is 0.240. The molecule has 6 heteroatoms. The Balaban J connectivity index is 1.95. The highest BCUT2D eigenvalue weighted by Crippen LogP contribution is 2.13. The summed E-state index contributed by atoms with van der Waals surface area (Å²) in [5, 5.41) is 7.79. The first-order valence-electron chi connectivity index (χ1n) is 7.30. The molecule has 1 heterocycles. The summed E-state index contributed by atoms with van der Waals surface area (Å²) in [6, 6.07) is 7.48. The fourth-order valence-electron chi connectivity index (χ4n) is 2.19. The molecule has 0 saturated heterocycles. The quantitative estimate of drug-likeness (QED) is 0.887. The molecular formula is C16H23N3O2S. The second-order valence-electron chi connectivity index (χ2n) is 5.82. The molecule has 0 spiro atoms. The third kappa shape index (κ3) is 4.18. The van der Waals surface area contributed by atoms with Crippen molar-refractivity contribution >= 4 is 9.84 Å². The van der Waals surface area contributed by atoms with Crippen molar-refractivity contribution < 1.29 is 8.42 Å². The van der Waals surface area contributed by atoms with Crippen LogP contribution >= 0.6 is 0 Å². The van der Waals surface area contributed by atoms with Crippen molar-refractivity contribution in [1.29, 1.82) is 0 Å². The van der Waals surface area contributed by atoms with Crippen LogP contribution in [0.15, 0.2) is 41.6 Å². The van der Waals surface area contributed by atoms with Crippen LogP contribution in [0.5, 0.6) is 0 Å². The number of benzene rings is 1. The number of hydrogen-bond acceptors (Lipinski definition) is 4. The zero-order valence-electron chi connectivity index (χ0n) is 13.4. The lowest BCUT2D eigenvalue weighted by Crippen LogP contribution is -2.33. The SMILES string of the molecule is Cc1cnn([C@@H](C)[C@@H](C)NCc2ccc(S(C)(=O)=O)cc2)c1. The molecule has 0 unspecified atom stereocenters. The molecule has 0 aliphatic heterocycles. The van der Waals surface area contributed by atoms with Gasteiger partial charge >= 0.3 is 0 Å². The van der Waals surface area contributed by atoms with E-state index in [-0.39, 0.29) is 12.1 Å². The highest BCUT2D eigenvalue weighted by atomic mass is 32.2. The number of sulfone groups is 1. The van der Waals surface area contributed by atoms with Crippen molar-refractivity contribution in [3.63, 3.8) is 0 Å². The fourth-order valence-corrected chi connectivity index (χ4v) is 2.82. The van der Waals surface area contributed by atoms with Gasteiger partial charge in [0.2, 0.25) is 0 Å². The number of aromatic nitrogens is 2. The van der Waals surface area contributed by atoms with E-state index in [0.29, 0.717) is 11.4 Å². The first kappa shape index (κ1) is 16.7. The van der Waals surface area contributed by atoms with Gasteiger partial charge in [-0.2, -0.15) is 5.10 Å². The maximum atomic E-state index is 11.4. The van der Waals surface area contributed by atoms with Gasteiger partial charge < -0.3 is 5.32 Å². The van der Waals surface area contributed by atoms with Gasteiger partial charge in [0.05, 0.1) is 17.1 Å². The zero-order chi connectivity index (χ0) is 16.3. The number of hydrogen-bond donors (Lipinski definition) is 1. The molecule has 0 aliphatic rings. The van der Waals surface area contributed by atoms with Crippen LogP contribution < -0.4 is 5.32 Å². The first-order chi connectivity index (χ1) is 10.3. The highest BCUT2D eigenvalue weighted by Gasteiger charge is 2.14. The molecule has 0 bridgehead atoms. The summed E-state index contributed by atoms with van der Waals surface area (Å²) in [5.74, 6) is 0. The van der Waals surface area contributed by atoms with Crippen LogP contribution in [0.4, 0.5) is 0 Å². The van der Waals surface area contributed by atoms with Gasteiger partial charge in [0.1, 0.15) is 0 Å². The Kier molecular flexibility index (Phi) is 5.03. The van der Waals surface area contributed by atoms with E-state index >= 15 is 0 Å². The van der Waals surface area contributed by atoms with Gasteiger partial charge in [-0.1, -0.05) is 12.1 Å². The standard InChI is InChI=1S/C16H23N3O2S/c1-12-9-18-19(11-12)14(3)13(2)17-10-15-5-7-16(8-6-15)22(4,20)21/h5-9,11,13-14,17H,10H2,1-4H3/t13-,14+/m1/s1. The van der Waals surface area contributed by atoms with E-state index in [1.807, 2.05) is 36.1 Å². The molecule has 0 radical (unpaired) electrons. The van der Waals surface area contributed by atoms with Crippen LogP contribution in [0, 0.1) is 6.92 Å². The van der Waals surface area contributed by atoms with E-state index in [1.54, 1.807) is 12.1 Å². The van der Waals surface area contributed by atoms with Crippen LogP contribution in [0.25, 0.3) is 0 Å². The predicted octanol–water partition coefficient (Wildman–Crippen LogP) is 2.33. The second kappa shape index (κ2) is 6.62. The molecular weight excluding hydrogens is 298 g/mol. The number of nitrogens with one attached hydrogen (secondary N) is 1. The maximum Gasteiger partial charge on any atom is 0.175 e. The van der Waals surface area contributed by atoms with E-state index in [0.717, 1.165) is 11.1 Å². The molecule has 1 aromatic carbocycles. The monoisotopic (exact) mass is 321 g/mol. The van der Waals surface area contributed by atoms with E-state index < -0.39 is 9.84 Å². The summed E-state index contributed by atoms with van der Waals surface area (Å²) in [5.41, 5.74) is 2.21. The highest BCUT2D eigenvalue weighted by molar-refractivity contribution is 7.90. The molecule has 120 valence electrons. The van der Waals surface area contributed by atoms with Crippen molar-refractivity contribution in [3.8, 4) is 0 Å². The summed E-state index contributed by atoms with van der Waals surface area (Å²) >= 11 is 0. The minimum Gasteiger partial charge on any atom is -0.308 e. The van der Waals surface area contributed by atoms with Crippen LogP contribution in [0.2, 0.25) is 0 Å². The van der Waals surface area contributed by atoms with Crippen LogP contribution in [0.1, 0.15) is 31.0 Å². The molecule has 0 saturated carbocycles. The molecule has 1 N–H and O–H groups in total. The van der Waals surface area contributed by atoms with Crippen molar-refractivity contribution in [2.45, 2.75) is 44.3 Å². The number of rotatable bonds is 6. The molecule has 2 atom stereocenters. The lowest BCUT2D eigenvalue weighted by Gasteiger charge is -2.22. The third-order valence-corrected chi connectivity index (χ3v) is 4.98. The lowest BCUT2D eigenvalue weighted by molar-refractivity contribution is 0.365. The van der Waals surface area contributed by atoms with Gasteiger partial charge in [0, 0.05) is 25.0 Å². The molecule has 2 rings (SSSR count). The molecule has 0 amide bonds. The van der Waals surface area contributed by atoms with Crippen LogP contribution in [-0.4, -0.2) is 30.5 Å². The lowest BCUT2D eigenvalue weighted by atomic mass is 10.1. The van der Waals surface area contributed by atoms with Crippen molar-refractivity contribution in [3.05, 3.63) is 47.8 Å². The summed E-state index contributed by atoms with van der Waals surface area (Å²) in [4.78, 5) is 0.352. The largest absolute Gasteiger partial charge is 0.308 e. The van der Waals surface area contributed by atoms with E-state index in [1.165, 1.54) is 6.26 Å². The normalized spacial score (nSPS) is 14.7. The van der Waals surface area contributed by atoms with Gasteiger partial charge in [0.25, 0.3) is 0 Å². The molecule has 0 fully saturated rings. The van der Waals surface area contributed by atoms with Crippen LogP contribution in [-0.2, 0) is 16.4 Å². The number of aryl methyl sites for hydroxylation is 1. The zero-order valence-corrected chi connectivity index (χ0v) is 14.3. The predicted molar refractivity (Wildman–Crippen MR) is 87.5 cm³/mol. The Morgan fingerprint density at radius 3 is 2.36 bits per heavy atom. The van der Waals surface area contributed by atoms with Gasteiger partial charge in [-0.25, -0.2) is 8.42 Å². The minimum atomic E-state index is -3.13. The van der Waals surface area contributed by atoms with E-state index in [4.69, 9.17) is 0 Å². The molecule has 0 aliphatic carbocycles. The van der Waals surface area contributed by atoms with E-state index in [2.05, 4.69) is 24.3 Å². The molecule has 1 aromatic heterocycles. The van der Waals surface area contributed by atoms with Crippen LogP contribution in [0.3, 0.4) is 0 Å². The Morgan fingerprint density at radius 2 is 1.86 bits per heavy atom. The first-order valence-corrected chi connectivity index (χ1v) is 9.19. The summed E-state index contributed by atoms with van der Waals surface area (Å²) in [6.45, 7) is 6.96. The van der Waals surface area contributed by atoms with Crippen molar-refractivity contribution in [2.75, 3.05) is 6.26 Å². The smallest absolute Gasteiger partial charge is 0.175 e. The Hall–Kier alpha value is -1.66. The van der Waals surface area contributed by atoms with E-state index in [9.17, 15) is 8.42 Å². The summed E-state index contributed by atoms with van der Waals surface area (Å²) < 4.78 is 24.8. The second-order valence-corrected chi connectivity index (χ2v) is 7.84. The third-order valence-electron chi connectivity index (χ3n) is 3.85. The topological polar surface area (TPSA) is 64.0 Å². The average molecular weight is 321 g/mol. The van der Waals surface area contributed by atoms with Gasteiger partial charge in [0.15, 0.2) is 9.84 Å². The summed E-state index contributed by atoms with van der Waals surface area (Å²) in [6.07, 6.45) is 5.10. The van der Waals surface area contributed by atoms with Gasteiger partial charge in [-0.15, -0.1) is 0 Å². The fraction of sp³-hybridized carbons (Fsp3) is 0.438. The Labute approximate surface area is 132 Å². The van der Waals surface area contributed by atoms with Crippen molar-refractivity contribution in [1.82, 2.24) is 15.1 Å². The maximum absolute atomic E-state index is 11.4.